The summed E-state index contributed by atoms with van der Waals surface area (Å²) in [6.45, 7) is 5.42. The highest BCUT2D eigenvalue weighted by atomic mass is 35.5. The van der Waals surface area contributed by atoms with Crippen LogP contribution < -0.4 is 5.32 Å². The summed E-state index contributed by atoms with van der Waals surface area (Å²) in [5.74, 6) is -0.319. The number of halogens is 1. The lowest BCUT2D eigenvalue weighted by Crippen LogP contribution is -2.34. The minimum atomic E-state index is -1.12. The lowest BCUT2D eigenvalue weighted by Gasteiger charge is -2.21. The number of hydrogen-bond donors (Lipinski definition) is 3. The third kappa shape index (κ3) is 6.86. The molecule has 0 saturated carbocycles. The first-order chi connectivity index (χ1) is 11.1. The summed E-state index contributed by atoms with van der Waals surface area (Å²) in [4.78, 5) is 22.9. The summed E-state index contributed by atoms with van der Waals surface area (Å²) in [5.41, 5.74) is 0.331. The molecule has 0 saturated heterocycles. The van der Waals surface area contributed by atoms with Gasteiger partial charge in [0.05, 0.1) is 12.0 Å². The number of alkyl halides is 1. The number of carbonyl (C=O) groups excluding carboxylic acids is 2. The largest absolute Gasteiger partial charge is 0.444 e. The van der Waals surface area contributed by atoms with E-state index in [1.807, 2.05) is 0 Å². The molecule has 0 bridgehead atoms. The third-order valence-electron chi connectivity index (χ3n) is 3.17. The van der Waals surface area contributed by atoms with Gasteiger partial charge in [-0.05, 0) is 32.8 Å². The molecule has 0 radical (unpaired) electrons. The van der Waals surface area contributed by atoms with Crippen molar-refractivity contribution in [2.45, 2.75) is 45.0 Å². The van der Waals surface area contributed by atoms with Crippen molar-refractivity contribution >= 4 is 23.5 Å². The molecule has 2 atom stereocenters. The number of benzene rings is 1. The lowest BCUT2D eigenvalue weighted by molar-refractivity contribution is 0.0123. The Morgan fingerprint density at radius 2 is 1.79 bits per heavy atom. The topological polar surface area (TPSA) is 95.9 Å². The number of rotatable bonds is 7. The van der Waals surface area contributed by atoms with Crippen LogP contribution >= 0.6 is 11.6 Å². The molecule has 0 heterocycles. The van der Waals surface area contributed by atoms with Gasteiger partial charge in [-0.15, -0.1) is 11.6 Å². The molecule has 0 aromatic heterocycles. The van der Waals surface area contributed by atoms with E-state index in [4.69, 9.17) is 16.3 Å². The van der Waals surface area contributed by atoms with Crippen LogP contribution in [-0.4, -0.2) is 46.2 Å². The highest BCUT2D eigenvalue weighted by Gasteiger charge is 2.20. The predicted octanol–water partition coefficient (Wildman–Crippen LogP) is 2.42. The minimum absolute atomic E-state index is 0.110. The SMILES string of the molecule is CC(C)(C)OC(=O)NCCC(O)C(O)c1ccc(C(=O)CCl)cc1. The number of aliphatic hydroxyl groups is 2. The number of aliphatic hydroxyl groups excluding tert-OH is 2. The maximum absolute atomic E-state index is 11.5. The maximum atomic E-state index is 11.5. The molecule has 0 aliphatic carbocycles. The lowest BCUT2D eigenvalue weighted by atomic mass is 10.00. The van der Waals surface area contributed by atoms with Gasteiger partial charge >= 0.3 is 6.09 Å². The number of amides is 1. The molecular formula is C17H24ClNO5. The van der Waals surface area contributed by atoms with Crippen LogP contribution in [0, 0.1) is 0 Å². The van der Waals surface area contributed by atoms with Gasteiger partial charge < -0.3 is 20.3 Å². The molecule has 6 nitrogen and oxygen atoms in total. The van der Waals surface area contributed by atoms with Crippen molar-refractivity contribution in [3.8, 4) is 0 Å². The van der Waals surface area contributed by atoms with Gasteiger partial charge in [-0.2, -0.15) is 0 Å². The summed E-state index contributed by atoms with van der Waals surface area (Å²) < 4.78 is 5.07. The Bertz CT molecular complexity index is 553. The van der Waals surface area contributed by atoms with E-state index in [2.05, 4.69) is 5.32 Å². The summed E-state index contributed by atoms with van der Waals surface area (Å²) in [6, 6.07) is 6.23. The second-order valence-corrected chi connectivity index (χ2v) is 6.68. The molecule has 0 fully saturated rings. The fourth-order valence-corrected chi connectivity index (χ4v) is 2.11. The molecule has 1 aromatic carbocycles. The smallest absolute Gasteiger partial charge is 0.407 e. The molecule has 1 aromatic rings. The highest BCUT2D eigenvalue weighted by Crippen LogP contribution is 2.19. The Morgan fingerprint density at radius 3 is 2.29 bits per heavy atom. The van der Waals surface area contributed by atoms with E-state index in [0.29, 0.717) is 11.1 Å². The van der Waals surface area contributed by atoms with E-state index in [9.17, 15) is 19.8 Å². The van der Waals surface area contributed by atoms with E-state index in [-0.39, 0.29) is 24.6 Å². The highest BCUT2D eigenvalue weighted by molar-refractivity contribution is 6.30. The Hall–Kier alpha value is -1.63. The van der Waals surface area contributed by atoms with Crippen molar-refractivity contribution in [3.63, 3.8) is 0 Å². The zero-order chi connectivity index (χ0) is 18.3. The molecule has 0 spiro atoms. The zero-order valence-corrected chi connectivity index (χ0v) is 14.8. The van der Waals surface area contributed by atoms with Gasteiger partial charge in [-0.3, -0.25) is 4.79 Å². The van der Waals surface area contributed by atoms with Crippen LogP contribution in [-0.2, 0) is 4.74 Å². The Morgan fingerprint density at radius 1 is 1.21 bits per heavy atom. The Labute approximate surface area is 146 Å². The number of nitrogens with one attached hydrogen (secondary N) is 1. The molecule has 134 valence electrons. The number of carbonyl (C=O) groups is 2. The van der Waals surface area contributed by atoms with Gasteiger partial charge in [-0.25, -0.2) is 4.79 Å². The number of alkyl carbamates (subject to hydrolysis) is 1. The predicted molar refractivity (Wildman–Crippen MR) is 91.3 cm³/mol. The first-order valence-electron chi connectivity index (χ1n) is 7.66. The minimum Gasteiger partial charge on any atom is -0.444 e. The Kier molecular flexibility index (Phi) is 7.66. The van der Waals surface area contributed by atoms with Crippen LogP contribution in [0.15, 0.2) is 24.3 Å². The molecular weight excluding hydrogens is 334 g/mol. The number of ketones is 1. The number of Topliss-reactive ketones (excluding diaryl/α,β-unsaturated/α-hetero) is 1. The van der Waals surface area contributed by atoms with Crippen molar-refractivity contribution in [1.82, 2.24) is 5.32 Å². The van der Waals surface area contributed by atoms with Crippen LogP contribution in [0.4, 0.5) is 4.79 Å². The van der Waals surface area contributed by atoms with Crippen molar-refractivity contribution in [3.05, 3.63) is 35.4 Å². The molecule has 7 heteroatoms. The van der Waals surface area contributed by atoms with Gasteiger partial charge in [0.25, 0.3) is 0 Å². The van der Waals surface area contributed by atoms with E-state index in [0.717, 1.165) is 0 Å². The van der Waals surface area contributed by atoms with Crippen molar-refractivity contribution in [2.75, 3.05) is 12.4 Å². The molecule has 1 rings (SSSR count). The second-order valence-electron chi connectivity index (χ2n) is 6.41. The molecule has 0 aliphatic heterocycles. The normalized spacial score (nSPS) is 13.9. The molecule has 3 N–H and O–H groups in total. The van der Waals surface area contributed by atoms with Gasteiger partial charge in [0.1, 0.15) is 11.7 Å². The van der Waals surface area contributed by atoms with E-state index < -0.39 is 23.9 Å². The molecule has 0 aliphatic rings. The first kappa shape index (κ1) is 20.4. The Balaban J connectivity index is 2.48. The molecule has 24 heavy (non-hydrogen) atoms. The second kappa shape index (κ2) is 9.01. The number of hydrogen-bond acceptors (Lipinski definition) is 5. The van der Waals surface area contributed by atoms with Crippen molar-refractivity contribution in [2.24, 2.45) is 0 Å². The van der Waals surface area contributed by atoms with Crippen LogP contribution in [0.3, 0.4) is 0 Å². The van der Waals surface area contributed by atoms with Gasteiger partial charge in [-0.1, -0.05) is 24.3 Å². The molecule has 2 unspecified atom stereocenters. The maximum Gasteiger partial charge on any atom is 0.407 e. The third-order valence-corrected chi connectivity index (χ3v) is 3.41. The van der Waals surface area contributed by atoms with Crippen LogP contribution in [0.2, 0.25) is 0 Å². The summed E-state index contributed by atoms with van der Waals surface area (Å²) in [5, 5.41) is 22.7. The number of ether oxygens (including phenoxy) is 1. The quantitative estimate of drug-likeness (QED) is 0.514. The average molecular weight is 358 g/mol. The van der Waals surface area contributed by atoms with Crippen LogP contribution in [0.1, 0.15) is 49.2 Å². The van der Waals surface area contributed by atoms with Crippen LogP contribution in [0.25, 0.3) is 0 Å². The monoisotopic (exact) mass is 357 g/mol. The summed E-state index contributed by atoms with van der Waals surface area (Å²) >= 11 is 5.48. The fourth-order valence-electron chi connectivity index (χ4n) is 1.96. The zero-order valence-electron chi connectivity index (χ0n) is 14.1. The van der Waals surface area contributed by atoms with Gasteiger partial charge in [0, 0.05) is 12.1 Å². The van der Waals surface area contributed by atoms with E-state index in [1.165, 1.54) is 0 Å². The van der Waals surface area contributed by atoms with Crippen LogP contribution in [0.5, 0.6) is 0 Å². The van der Waals surface area contributed by atoms with E-state index >= 15 is 0 Å². The molecule has 1 amide bonds. The summed E-state index contributed by atoms with van der Waals surface area (Å²) in [6.07, 6.45) is -2.60. The summed E-state index contributed by atoms with van der Waals surface area (Å²) in [7, 11) is 0. The van der Waals surface area contributed by atoms with Crippen molar-refractivity contribution < 1.29 is 24.5 Å². The van der Waals surface area contributed by atoms with Crippen molar-refractivity contribution in [1.29, 1.82) is 0 Å². The van der Waals surface area contributed by atoms with E-state index in [1.54, 1.807) is 45.0 Å². The first-order valence-corrected chi connectivity index (χ1v) is 8.19. The fraction of sp³-hybridized carbons (Fsp3) is 0.529. The standard InChI is InChI=1S/C17H24ClNO5/c1-17(2,3)24-16(23)19-9-8-13(20)15(22)12-6-4-11(5-7-12)14(21)10-18/h4-7,13,15,20,22H,8-10H2,1-3H3,(H,19,23). The average Bonchev–Trinajstić information content (AvgIpc) is 2.51. The van der Waals surface area contributed by atoms with Gasteiger partial charge in [0.2, 0.25) is 0 Å². The van der Waals surface area contributed by atoms with Gasteiger partial charge in [0.15, 0.2) is 5.78 Å².